The van der Waals surface area contributed by atoms with Crippen LogP contribution in [0.25, 0.3) is 0 Å². The summed E-state index contributed by atoms with van der Waals surface area (Å²) in [6.45, 7) is 6.09. The number of anilines is 1. The zero-order valence-corrected chi connectivity index (χ0v) is 20.8. The van der Waals surface area contributed by atoms with Gasteiger partial charge in [-0.05, 0) is 54.5 Å². The number of amides is 1. The number of ether oxygens (including phenoxy) is 3. The van der Waals surface area contributed by atoms with E-state index in [1.807, 2.05) is 0 Å². The Kier molecular flexibility index (Phi) is 6.21. The second-order valence-electron chi connectivity index (χ2n) is 9.63. The fraction of sp³-hybridized carbons (Fsp3) is 0.714. The number of fused-ring (bicyclic) bond motifs is 2. The highest BCUT2D eigenvalue weighted by Crippen LogP contribution is 2.53. The number of carbonyl (C=O) groups is 2. The predicted octanol–water partition coefficient (Wildman–Crippen LogP) is 4.08. The van der Waals surface area contributed by atoms with E-state index in [2.05, 4.69) is 21.2 Å². The van der Waals surface area contributed by atoms with Gasteiger partial charge in [0.1, 0.15) is 10.5 Å². The fourth-order valence-corrected chi connectivity index (χ4v) is 6.62. The summed E-state index contributed by atoms with van der Waals surface area (Å²) in [5.74, 6) is -2.86. The summed E-state index contributed by atoms with van der Waals surface area (Å²) >= 11 is 4.44. The summed E-state index contributed by atoms with van der Waals surface area (Å²) in [4.78, 5) is 26.7. The molecule has 1 saturated carbocycles. The van der Waals surface area contributed by atoms with Gasteiger partial charge >= 0.3 is 12.1 Å². The highest BCUT2D eigenvalue weighted by Gasteiger charge is 2.58. The van der Waals surface area contributed by atoms with E-state index in [1.54, 1.807) is 20.8 Å². The van der Waals surface area contributed by atoms with Crippen molar-refractivity contribution in [3.8, 4) is 0 Å². The number of halogens is 3. The number of rotatable bonds is 5. The molecular formula is C21H27BrF2N2O5S. The summed E-state index contributed by atoms with van der Waals surface area (Å²) in [6, 6.07) is -0.422. The first-order valence-corrected chi connectivity index (χ1v) is 12.1. The predicted molar refractivity (Wildman–Crippen MR) is 119 cm³/mol. The minimum absolute atomic E-state index is 0.110. The molecular weight excluding hydrogens is 510 g/mol. The first-order chi connectivity index (χ1) is 14.9. The van der Waals surface area contributed by atoms with Crippen LogP contribution in [-0.4, -0.2) is 63.0 Å². The zero-order valence-electron chi connectivity index (χ0n) is 18.4. The van der Waals surface area contributed by atoms with Crippen molar-refractivity contribution in [3.63, 3.8) is 0 Å². The van der Waals surface area contributed by atoms with Crippen molar-refractivity contribution in [1.29, 1.82) is 0 Å². The Morgan fingerprint density at radius 3 is 2.59 bits per heavy atom. The minimum Gasteiger partial charge on any atom is -0.465 e. The van der Waals surface area contributed by atoms with Crippen LogP contribution < -0.4 is 10.2 Å². The van der Waals surface area contributed by atoms with Crippen molar-refractivity contribution in [2.24, 2.45) is 17.8 Å². The molecule has 2 aliphatic heterocycles. The summed E-state index contributed by atoms with van der Waals surface area (Å²) in [5.41, 5.74) is 0.165. The third-order valence-corrected chi connectivity index (χ3v) is 8.03. The molecule has 1 amide bonds. The molecule has 32 heavy (non-hydrogen) atoms. The van der Waals surface area contributed by atoms with Gasteiger partial charge in [-0.15, -0.1) is 11.3 Å². The van der Waals surface area contributed by atoms with Gasteiger partial charge in [0.2, 0.25) is 0 Å². The number of carbonyl (C=O) groups excluding carboxylic acids is 2. The smallest absolute Gasteiger partial charge is 0.407 e. The van der Waals surface area contributed by atoms with E-state index < -0.39 is 42.6 Å². The first kappa shape index (κ1) is 23.7. The van der Waals surface area contributed by atoms with Crippen molar-refractivity contribution in [2.75, 3.05) is 38.3 Å². The van der Waals surface area contributed by atoms with Gasteiger partial charge in [0, 0.05) is 18.5 Å². The standard InChI is InChI=1S/C21H27BrF2N2O5S/c1-20(2,3)31-19(28)25-13(14-11-7-30-8-12(11)14)6-26-9-21(23,24)5-10-15(26)16(18(27)29-4)32-17(10)22/h11-14H,5-9H2,1-4H3,(H,25,28)/t11-,12+,13?,14?. The van der Waals surface area contributed by atoms with E-state index in [0.29, 0.717) is 28.3 Å². The van der Waals surface area contributed by atoms with Crippen LogP contribution in [0.15, 0.2) is 3.79 Å². The van der Waals surface area contributed by atoms with Gasteiger partial charge in [-0.2, -0.15) is 0 Å². The Balaban J connectivity index is 1.63. The molecule has 1 N–H and O–H groups in total. The topological polar surface area (TPSA) is 77.1 Å². The molecule has 1 aromatic heterocycles. The summed E-state index contributed by atoms with van der Waals surface area (Å²) in [5, 5.41) is 2.91. The highest BCUT2D eigenvalue weighted by molar-refractivity contribution is 9.11. The molecule has 3 heterocycles. The quantitative estimate of drug-likeness (QED) is 0.571. The number of alkyl carbamates (subject to hydrolysis) is 1. The highest BCUT2D eigenvalue weighted by atomic mass is 79.9. The SMILES string of the molecule is COC(=O)c1sc(Br)c2c1N(CC(NC(=O)OC(C)(C)C)C1[C@H]3COC[C@@H]13)CC(F)(F)C2. The fourth-order valence-electron chi connectivity index (χ4n) is 4.82. The molecule has 4 rings (SSSR count). The Morgan fingerprint density at radius 1 is 1.34 bits per heavy atom. The second kappa shape index (κ2) is 8.39. The number of hydrogen-bond acceptors (Lipinski definition) is 7. The molecule has 2 fully saturated rings. The van der Waals surface area contributed by atoms with Crippen molar-refractivity contribution >= 4 is 45.0 Å². The van der Waals surface area contributed by atoms with Crippen molar-refractivity contribution in [3.05, 3.63) is 14.2 Å². The lowest BCUT2D eigenvalue weighted by atomic mass is 9.99. The monoisotopic (exact) mass is 536 g/mol. The van der Waals surface area contributed by atoms with Gasteiger partial charge in [-0.25, -0.2) is 18.4 Å². The Bertz CT molecular complexity index is 909. The summed E-state index contributed by atoms with van der Waals surface area (Å²) in [6.07, 6.45) is -1.04. The number of nitrogens with zero attached hydrogens (tertiary/aromatic N) is 1. The Morgan fingerprint density at radius 2 is 2.00 bits per heavy atom. The van der Waals surface area contributed by atoms with Crippen molar-refractivity contribution in [1.82, 2.24) is 5.32 Å². The minimum atomic E-state index is -2.97. The number of nitrogens with one attached hydrogen (secondary N) is 1. The van der Waals surface area contributed by atoms with E-state index in [-0.39, 0.29) is 29.2 Å². The summed E-state index contributed by atoms with van der Waals surface area (Å²) in [7, 11) is 1.27. The maximum atomic E-state index is 14.7. The lowest BCUT2D eigenvalue weighted by molar-refractivity contribution is 0.00445. The van der Waals surface area contributed by atoms with E-state index >= 15 is 0 Å². The van der Waals surface area contributed by atoms with Gasteiger partial charge in [0.25, 0.3) is 5.92 Å². The average molecular weight is 537 g/mol. The second-order valence-corrected chi connectivity index (χ2v) is 12.0. The lowest BCUT2D eigenvalue weighted by Gasteiger charge is -2.37. The maximum absolute atomic E-state index is 14.7. The molecule has 1 aromatic rings. The van der Waals surface area contributed by atoms with E-state index in [4.69, 9.17) is 14.2 Å². The molecule has 7 nitrogen and oxygen atoms in total. The van der Waals surface area contributed by atoms with Crippen LogP contribution in [0.2, 0.25) is 0 Å². The van der Waals surface area contributed by atoms with E-state index in [1.165, 1.54) is 12.0 Å². The number of methoxy groups -OCH3 is 1. The maximum Gasteiger partial charge on any atom is 0.407 e. The normalized spacial score (nSPS) is 26.7. The molecule has 3 aliphatic rings. The van der Waals surface area contributed by atoms with Crippen LogP contribution in [0.5, 0.6) is 0 Å². The van der Waals surface area contributed by atoms with Crippen LogP contribution in [0.1, 0.15) is 36.0 Å². The Labute approximate surface area is 197 Å². The first-order valence-electron chi connectivity index (χ1n) is 10.5. The molecule has 11 heteroatoms. The van der Waals surface area contributed by atoms with Crippen LogP contribution >= 0.6 is 27.3 Å². The van der Waals surface area contributed by atoms with E-state index in [9.17, 15) is 18.4 Å². The van der Waals surface area contributed by atoms with Gasteiger partial charge in [0.15, 0.2) is 0 Å². The molecule has 1 saturated heterocycles. The van der Waals surface area contributed by atoms with Gasteiger partial charge in [-0.1, -0.05) is 0 Å². The zero-order chi connectivity index (χ0) is 23.4. The van der Waals surface area contributed by atoms with E-state index in [0.717, 1.165) is 11.3 Å². The molecule has 0 aromatic carbocycles. The molecule has 0 bridgehead atoms. The molecule has 0 radical (unpaired) electrons. The van der Waals surface area contributed by atoms with Gasteiger partial charge < -0.3 is 24.4 Å². The van der Waals surface area contributed by atoms with Crippen LogP contribution in [-0.2, 0) is 20.6 Å². The number of esters is 1. The van der Waals surface area contributed by atoms with Gasteiger partial charge in [0.05, 0.1) is 42.4 Å². The third kappa shape index (κ3) is 4.75. The van der Waals surface area contributed by atoms with Crippen LogP contribution in [0, 0.1) is 17.8 Å². The van der Waals surface area contributed by atoms with Crippen molar-refractivity contribution < 1.29 is 32.6 Å². The van der Waals surface area contributed by atoms with Crippen molar-refractivity contribution in [2.45, 2.75) is 44.8 Å². The lowest BCUT2D eigenvalue weighted by Crippen LogP contribution is -2.52. The molecule has 4 atom stereocenters. The molecule has 2 unspecified atom stereocenters. The molecule has 1 aliphatic carbocycles. The number of hydrogen-bond donors (Lipinski definition) is 1. The van der Waals surface area contributed by atoms with Gasteiger partial charge in [-0.3, -0.25) is 0 Å². The molecule has 178 valence electrons. The Hall–Kier alpha value is -1.46. The number of alkyl halides is 2. The number of thiophene rings is 1. The van der Waals surface area contributed by atoms with Crippen LogP contribution in [0.4, 0.5) is 19.3 Å². The third-order valence-electron chi connectivity index (χ3n) is 6.08. The summed E-state index contributed by atoms with van der Waals surface area (Å²) < 4.78 is 45.6. The van der Waals surface area contributed by atoms with Crippen LogP contribution in [0.3, 0.4) is 0 Å². The molecule has 0 spiro atoms. The largest absolute Gasteiger partial charge is 0.465 e. The average Bonchev–Trinajstić information content (AvgIpc) is 2.97.